The molecule has 1 saturated heterocycles. The highest BCUT2D eigenvalue weighted by atomic mass is 19.1. The Labute approximate surface area is 276 Å². The van der Waals surface area contributed by atoms with Crippen LogP contribution in [0, 0.1) is 5.82 Å². The van der Waals surface area contributed by atoms with Crippen molar-refractivity contribution in [1.82, 2.24) is 19.8 Å². The zero-order chi connectivity index (χ0) is 33.0. The van der Waals surface area contributed by atoms with Gasteiger partial charge in [0.1, 0.15) is 30.7 Å². The number of morpholine rings is 1. The topological polar surface area (TPSA) is 118 Å². The van der Waals surface area contributed by atoms with Crippen molar-refractivity contribution in [1.29, 1.82) is 0 Å². The molecule has 5 aromatic rings. The Morgan fingerprint density at radius 2 is 1.77 bits per heavy atom. The number of amides is 2. The first-order chi connectivity index (χ1) is 23.5. The summed E-state index contributed by atoms with van der Waals surface area (Å²) in [4.78, 5) is 39.5. The fraction of sp³-hybridized carbons (Fsp3) is 0.222. The van der Waals surface area contributed by atoms with E-state index in [9.17, 15) is 9.59 Å². The van der Waals surface area contributed by atoms with E-state index in [2.05, 4.69) is 25.5 Å². The zero-order valence-electron chi connectivity index (χ0n) is 26.2. The number of fused-ring (bicyclic) bond motifs is 2. The van der Waals surface area contributed by atoms with E-state index in [0.717, 1.165) is 18.7 Å². The van der Waals surface area contributed by atoms with Gasteiger partial charge in [0, 0.05) is 42.3 Å². The lowest BCUT2D eigenvalue weighted by Crippen LogP contribution is -2.38. The minimum Gasteiger partial charge on any atom is -0.493 e. The molecule has 0 bridgehead atoms. The van der Waals surface area contributed by atoms with Crippen molar-refractivity contribution in [2.24, 2.45) is 0 Å². The average molecular weight is 649 g/mol. The second kappa shape index (κ2) is 13.6. The van der Waals surface area contributed by atoms with Gasteiger partial charge in [-0.2, -0.15) is 0 Å². The molecule has 11 nitrogen and oxygen atoms in total. The van der Waals surface area contributed by atoms with E-state index in [1.54, 1.807) is 49.6 Å². The van der Waals surface area contributed by atoms with Crippen molar-refractivity contribution >= 4 is 39.9 Å². The van der Waals surface area contributed by atoms with Crippen LogP contribution in [-0.4, -0.2) is 71.7 Å². The number of hydrogen-bond acceptors (Lipinski definition) is 9. The third-order valence-corrected chi connectivity index (χ3v) is 8.44. The smallest absolute Gasteiger partial charge is 0.255 e. The van der Waals surface area contributed by atoms with Crippen LogP contribution >= 0.6 is 0 Å². The van der Waals surface area contributed by atoms with E-state index in [4.69, 9.17) is 14.2 Å². The lowest BCUT2D eigenvalue weighted by atomic mass is 10.0. The molecule has 1 aromatic heterocycles. The molecule has 1 fully saturated rings. The van der Waals surface area contributed by atoms with Gasteiger partial charge in [-0.3, -0.25) is 14.5 Å². The van der Waals surface area contributed by atoms with E-state index in [1.807, 2.05) is 30.3 Å². The first-order valence-electron chi connectivity index (χ1n) is 15.6. The summed E-state index contributed by atoms with van der Waals surface area (Å²) in [6.07, 6.45) is 1.38. The maximum atomic E-state index is 15.6. The first kappa shape index (κ1) is 31.0. The van der Waals surface area contributed by atoms with Crippen LogP contribution in [0.1, 0.15) is 27.5 Å². The molecule has 3 heterocycles. The summed E-state index contributed by atoms with van der Waals surface area (Å²) in [5.74, 6) is 0.0801. The molecule has 48 heavy (non-hydrogen) atoms. The van der Waals surface area contributed by atoms with Gasteiger partial charge in [-0.15, -0.1) is 0 Å². The predicted octanol–water partition coefficient (Wildman–Crippen LogP) is 5.53. The Hall–Kier alpha value is -5.59. The molecule has 0 radical (unpaired) electrons. The number of aromatic nitrogens is 2. The van der Waals surface area contributed by atoms with Gasteiger partial charge < -0.3 is 29.7 Å². The monoisotopic (exact) mass is 648 g/mol. The number of halogens is 1. The number of benzene rings is 4. The first-order valence-corrected chi connectivity index (χ1v) is 15.6. The van der Waals surface area contributed by atoms with Crippen LogP contribution in [0.3, 0.4) is 0 Å². The number of hydrogen-bond donors (Lipinski definition) is 2. The molecule has 1 unspecified atom stereocenters. The predicted molar refractivity (Wildman–Crippen MR) is 178 cm³/mol. The summed E-state index contributed by atoms with van der Waals surface area (Å²) in [5.41, 5.74) is 3.03. The van der Waals surface area contributed by atoms with Crippen molar-refractivity contribution in [2.45, 2.75) is 12.6 Å². The molecule has 2 aliphatic heterocycles. The minimum absolute atomic E-state index is 0.143. The Morgan fingerprint density at radius 3 is 2.54 bits per heavy atom. The van der Waals surface area contributed by atoms with Crippen molar-refractivity contribution in [3.8, 4) is 11.5 Å². The van der Waals surface area contributed by atoms with Crippen LogP contribution in [0.2, 0.25) is 0 Å². The van der Waals surface area contributed by atoms with Gasteiger partial charge in [0.15, 0.2) is 11.5 Å². The van der Waals surface area contributed by atoms with E-state index >= 15 is 4.39 Å². The Bertz CT molecular complexity index is 1970. The number of methoxy groups -OCH3 is 1. The maximum absolute atomic E-state index is 15.6. The van der Waals surface area contributed by atoms with Crippen LogP contribution in [-0.2, 0) is 16.1 Å². The summed E-state index contributed by atoms with van der Waals surface area (Å²) in [7, 11) is 1.56. The second-order valence-corrected chi connectivity index (χ2v) is 11.5. The molecule has 12 heteroatoms. The third kappa shape index (κ3) is 6.35. The summed E-state index contributed by atoms with van der Waals surface area (Å²) in [5, 5.41) is 6.48. The molecular weight excluding hydrogens is 615 g/mol. The lowest BCUT2D eigenvalue weighted by molar-refractivity contribution is -0.120. The molecule has 4 aromatic carbocycles. The lowest BCUT2D eigenvalue weighted by Gasteiger charge is -2.27. The molecule has 2 aliphatic rings. The van der Waals surface area contributed by atoms with Crippen molar-refractivity contribution in [3.63, 3.8) is 0 Å². The van der Waals surface area contributed by atoms with Crippen LogP contribution in [0.5, 0.6) is 11.5 Å². The fourth-order valence-corrected chi connectivity index (χ4v) is 5.95. The minimum atomic E-state index is -0.920. The van der Waals surface area contributed by atoms with Crippen LogP contribution in [0.25, 0.3) is 10.9 Å². The fourth-order valence-electron chi connectivity index (χ4n) is 5.95. The summed E-state index contributed by atoms with van der Waals surface area (Å²) in [6, 6.07) is 23.3. The Balaban J connectivity index is 1.11. The van der Waals surface area contributed by atoms with Gasteiger partial charge in [-0.05, 0) is 41.5 Å². The van der Waals surface area contributed by atoms with Gasteiger partial charge in [-0.25, -0.2) is 14.4 Å². The van der Waals surface area contributed by atoms with Crippen LogP contribution < -0.4 is 20.1 Å². The maximum Gasteiger partial charge on any atom is 0.255 e. The van der Waals surface area contributed by atoms with Gasteiger partial charge in [0.05, 0.1) is 31.5 Å². The molecule has 1 atom stereocenters. The highest BCUT2D eigenvalue weighted by Gasteiger charge is 2.37. The van der Waals surface area contributed by atoms with Crippen molar-refractivity contribution in [2.75, 3.05) is 50.8 Å². The molecule has 2 N–H and O–H groups in total. The van der Waals surface area contributed by atoms with E-state index in [-0.39, 0.29) is 23.8 Å². The molecule has 0 saturated carbocycles. The Kier molecular flexibility index (Phi) is 8.82. The van der Waals surface area contributed by atoms with E-state index in [0.29, 0.717) is 59.3 Å². The SMILES string of the molecule is COc1cc2ncnc(Nc3ccc(NC(=O)C(c4ccccc4)N4Cc5ccccc5C4=O)cc3F)c2cc1OCN1CCOCC1. The van der Waals surface area contributed by atoms with E-state index in [1.165, 1.54) is 23.4 Å². The van der Waals surface area contributed by atoms with Crippen LogP contribution in [0.15, 0.2) is 91.3 Å². The van der Waals surface area contributed by atoms with Crippen molar-refractivity contribution < 1.29 is 28.2 Å². The number of ether oxygens (including phenoxy) is 3. The highest BCUT2D eigenvalue weighted by Crippen LogP contribution is 2.36. The summed E-state index contributed by atoms with van der Waals surface area (Å²) in [6.45, 7) is 3.47. The Morgan fingerprint density at radius 1 is 0.979 bits per heavy atom. The summed E-state index contributed by atoms with van der Waals surface area (Å²) >= 11 is 0. The third-order valence-electron chi connectivity index (χ3n) is 8.44. The molecule has 2 amide bonds. The number of carbonyl (C=O) groups excluding carboxylic acids is 2. The molecule has 0 aliphatic carbocycles. The van der Waals surface area contributed by atoms with Gasteiger partial charge in [0.25, 0.3) is 11.8 Å². The quantitative estimate of drug-likeness (QED) is 0.202. The normalized spacial score (nSPS) is 15.2. The standard InChI is InChI=1S/C36H33FN6O5/c1-46-31-19-30-27(18-32(31)48-22-42-13-15-47-16-14-42)34(39-21-38-30)41-29-12-11-25(17-28(29)37)40-35(44)33(23-7-3-2-4-8-23)43-20-24-9-5-6-10-26(24)36(43)45/h2-12,17-19,21,33H,13-16,20,22H2,1H3,(H,40,44)(H,38,39,41). The van der Waals surface area contributed by atoms with Gasteiger partial charge in [0.2, 0.25) is 0 Å². The number of nitrogens with one attached hydrogen (secondary N) is 2. The number of nitrogens with zero attached hydrogens (tertiary/aromatic N) is 4. The van der Waals surface area contributed by atoms with Gasteiger partial charge in [-0.1, -0.05) is 48.5 Å². The van der Waals surface area contributed by atoms with Crippen LogP contribution in [0.4, 0.5) is 21.6 Å². The average Bonchev–Trinajstić information content (AvgIpc) is 3.44. The number of anilines is 3. The number of rotatable bonds is 10. The highest BCUT2D eigenvalue weighted by molar-refractivity contribution is 6.04. The number of carbonyl (C=O) groups is 2. The second-order valence-electron chi connectivity index (χ2n) is 11.5. The summed E-state index contributed by atoms with van der Waals surface area (Å²) < 4.78 is 32.7. The molecule has 244 valence electrons. The molecule has 0 spiro atoms. The molecule has 7 rings (SSSR count). The van der Waals surface area contributed by atoms with Gasteiger partial charge >= 0.3 is 0 Å². The van der Waals surface area contributed by atoms with E-state index < -0.39 is 17.8 Å². The zero-order valence-corrected chi connectivity index (χ0v) is 26.2. The van der Waals surface area contributed by atoms with Crippen molar-refractivity contribution in [3.05, 3.63) is 114 Å². The molecular formula is C36H33FN6O5. The largest absolute Gasteiger partial charge is 0.493 e.